The molecule has 0 heterocycles. The van der Waals surface area contributed by atoms with Crippen LogP contribution in [-0.2, 0) is 32.3 Å². The van der Waals surface area contributed by atoms with Crippen LogP contribution in [0.1, 0.15) is 114 Å². The number of rotatable bonds is 24. The molecule has 0 fully saturated rings. The monoisotopic (exact) mass is 687 g/mol. The standard InChI is InChI=1S/C44H66N2O4/c1-45(2,3)31-19-15-11-7-9-13-17-21-41(47)49-33-37-25-23-35-28-30-40-38(26-24-36-27-29-39(37)43(35)44(36)40)34-50-42(48)22-18-14-10-8-12-16-20-32-46(4,5)6/h23-30H,7-22,31-34H2,1-6H3/q+2. The first-order valence-corrected chi connectivity index (χ1v) is 19.5. The number of hydrogen-bond donors (Lipinski definition) is 0. The second-order valence-electron chi connectivity index (χ2n) is 16.7. The molecule has 4 aromatic carbocycles. The van der Waals surface area contributed by atoms with Gasteiger partial charge in [-0.05, 0) is 82.0 Å². The number of nitrogens with zero attached hydrogens (tertiary/aromatic N) is 2. The van der Waals surface area contributed by atoms with Gasteiger partial charge in [-0.2, -0.15) is 0 Å². The predicted molar refractivity (Wildman–Crippen MR) is 209 cm³/mol. The summed E-state index contributed by atoms with van der Waals surface area (Å²) in [5, 5.41) is 6.91. The van der Waals surface area contributed by atoms with Crippen molar-refractivity contribution >= 4 is 44.3 Å². The summed E-state index contributed by atoms with van der Waals surface area (Å²) in [5.74, 6) is -0.234. The van der Waals surface area contributed by atoms with Crippen molar-refractivity contribution in [2.24, 2.45) is 0 Å². The van der Waals surface area contributed by atoms with Crippen molar-refractivity contribution in [3.05, 3.63) is 59.7 Å². The van der Waals surface area contributed by atoms with E-state index in [4.69, 9.17) is 9.47 Å². The number of hydrogen-bond acceptors (Lipinski definition) is 4. The average Bonchev–Trinajstić information content (AvgIpc) is 3.06. The molecule has 0 spiro atoms. The molecular weight excluding hydrogens is 620 g/mol. The quantitative estimate of drug-likeness (QED) is 0.0319. The molecule has 0 aromatic heterocycles. The van der Waals surface area contributed by atoms with E-state index < -0.39 is 0 Å². The Labute approximate surface area is 302 Å². The third-order valence-corrected chi connectivity index (χ3v) is 10.0. The zero-order valence-electron chi connectivity index (χ0n) is 32.3. The fraction of sp³-hybridized carbons (Fsp3) is 0.591. The van der Waals surface area contributed by atoms with Crippen molar-refractivity contribution in [3.63, 3.8) is 0 Å². The topological polar surface area (TPSA) is 52.6 Å². The number of unbranched alkanes of at least 4 members (excludes halogenated alkanes) is 12. The number of esters is 2. The smallest absolute Gasteiger partial charge is 0.306 e. The molecule has 274 valence electrons. The summed E-state index contributed by atoms with van der Waals surface area (Å²) in [6.45, 7) is 3.02. The van der Waals surface area contributed by atoms with Crippen LogP contribution in [0.4, 0.5) is 0 Å². The van der Waals surface area contributed by atoms with Crippen molar-refractivity contribution in [2.75, 3.05) is 55.4 Å². The van der Waals surface area contributed by atoms with E-state index in [9.17, 15) is 9.59 Å². The second-order valence-corrected chi connectivity index (χ2v) is 16.7. The molecule has 0 aliphatic carbocycles. The van der Waals surface area contributed by atoms with Crippen LogP contribution in [0.25, 0.3) is 32.3 Å². The Balaban J connectivity index is 1.22. The third kappa shape index (κ3) is 13.2. The highest BCUT2D eigenvalue weighted by molar-refractivity contribution is 6.24. The Morgan fingerprint density at radius 1 is 0.440 bits per heavy atom. The van der Waals surface area contributed by atoms with E-state index >= 15 is 0 Å². The van der Waals surface area contributed by atoms with Crippen molar-refractivity contribution < 1.29 is 28.0 Å². The van der Waals surface area contributed by atoms with Crippen molar-refractivity contribution in [3.8, 4) is 0 Å². The fourth-order valence-electron chi connectivity index (χ4n) is 7.11. The van der Waals surface area contributed by atoms with Crippen LogP contribution >= 0.6 is 0 Å². The molecular formula is C44H66N2O4+2. The number of carbonyl (C=O) groups excluding carboxylic acids is 2. The van der Waals surface area contributed by atoms with Gasteiger partial charge >= 0.3 is 11.9 Å². The fourth-order valence-corrected chi connectivity index (χ4v) is 7.11. The summed E-state index contributed by atoms with van der Waals surface area (Å²) in [5.41, 5.74) is 2.05. The molecule has 6 nitrogen and oxygen atoms in total. The molecule has 0 aliphatic heterocycles. The third-order valence-electron chi connectivity index (χ3n) is 10.0. The van der Waals surface area contributed by atoms with Crippen LogP contribution in [0.2, 0.25) is 0 Å². The minimum Gasteiger partial charge on any atom is -0.461 e. The minimum absolute atomic E-state index is 0.117. The first kappa shape index (κ1) is 39.6. The largest absolute Gasteiger partial charge is 0.461 e. The zero-order chi connectivity index (χ0) is 36.0. The molecule has 0 aliphatic rings. The molecule has 0 saturated heterocycles. The highest BCUT2D eigenvalue weighted by atomic mass is 16.5. The van der Waals surface area contributed by atoms with Gasteiger partial charge in [-0.3, -0.25) is 9.59 Å². The van der Waals surface area contributed by atoms with Gasteiger partial charge in [0.25, 0.3) is 0 Å². The van der Waals surface area contributed by atoms with Gasteiger partial charge in [0.2, 0.25) is 0 Å². The van der Waals surface area contributed by atoms with Gasteiger partial charge in [-0.15, -0.1) is 0 Å². The van der Waals surface area contributed by atoms with Crippen molar-refractivity contribution in [2.45, 2.75) is 116 Å². The number of ether oxygens (including phenoxy) is 2. The molecule has 0 bridgehead atoms. The molecule has 0 saturated carbocycles. The Hall–Kier alpha value is -3.22. The van der Waals surface area contributed by atoms with E-state index in [2.05, 4.69) is 90.8 Å². The zero-order valence-corrected chi connectivity index (χ0v) is 32.3. The Morgan fingerprint density at radius 3 is 1.12 bits per heavy atom. The van der Waals surface area contributed by atoms with E-state index in [1.54, 1.807) is 0 Å². The highest BCUT2D eigenvalue weighted by Crippen LogP contribution is 2.38. The summed E-state index contributed by atoms with van der Waals surface area (Å²) in [7, 11) is 13.5. The lowest BCUT2D eigenvalue weighted by Crippen LogP contribution is -2.35. The summed E-state index contributed by atoms with van der Waals surface area (Å²) < 4.78 is 13.6. The molecule has 6 heteroatoms. The van der Waals surface area contributed by atoms with Gasteiger partial charge in [-0.25, -0.2) is 0 Å². The Bertz CT molecular complexity index is 1510. The maximum Gasteiger partial charge on any atom is 0.306 e. The summed E-state index contributed by atoms with van der Waals surface area (Å²) >= 11 is 0. The van der Waals surface area contributed by atoms with E-state index in [1.807, 2.05) is 0 Å². The van der Waals surface area contributed by atoms with E-state index in [1.165, 1.54) is 88.1 Å². The van der Waals surface area contributed by atoms with Crippen LogP contribution in [0.5, 0.6) is 0 Å². The van der Waals surface area contributed by atoms with Crippen LogP contribution in [0.3, 0.4) is 0 Å². The Kier molecular flexibility index (Phi) is 15.4. The van der Waals surface area contributed by atoms with Crippen LogP contribution in [-0.4, -0.2) is 76.3 Å². The lowest BCUT2D eigenvalue weighted by molar-refractivity contribution is -0.870. The minimum atomic E-state index is -0.117. The molecule has 0 unspecified atom stereocenters. The lowest BCUT2D eigenvalue weighted by Gasteiger charge is -2.23. The van der Waals surface area contributed by atoms with Gasteiger partial charge in [0.1, 0.15) is 13.2 Å². The normalized spacial score (nSPS) is 12.4. The van der Waals surface area contributed by atoms with Gasteiger partial charge in [0, 0.05) is 12.8 Å². The number of carbonyl (C=O) groups is 2. The first-order chi connectivity index (χ1) is 23.9. The van der Waals surface area contributed by atoms with Gasteiger partial charge in [0.05, 0.1) is 55.4 Å². The maximum absolute atomic E-state index is 12.6. The lowest BCUT2D eigenvalue weighted by atomic mass is 9.90. The van der Waals surface area contributed by atoms with Crippen molar-refractivity contribution in [1.82, 2.24) is 0 Å². The van der Waals surface area contributed by atoms with Crippen LogP contribution in [0.15, 0.2) is 48.5 Å². The molecule has 4 rings (SSSR count). The highest BCUT2D eigenvalue weighted by Gasteiger charge is 2.15. The molecule has 4 aromatic rings. The van der Waals surface area contributed by atoms with Crippen LogP contribution in [0, 0.1) is 0 Å². The SMILES string of the molecule is C[N+](C)(C)CCCCCCCCCC(=O)OCc1ccc2ccc3c(COC(=O)CCCCCCCCC[N+](C)(C)C)ccc4ccc1c2c43. The molecule has 50 heavy (non-hydrogen) atoms. The summed E-state index contributed by atoms with van der Waals surface area (Å²) in [4.78, 5) is 25.3. The van der Waals surface area contributed by atoms with Crippen molar-refractivity contribution in [1.29, 1.82) is 0 Å². The molecule has 0 amide bonds. The number of benzene rings is 4. The molecule has 0 atom stereocenters. The Morgan fingerprint density at radius 2 is 0.760 bits per heavy atom. The van der Waals surface area contributed by atoms with E-state index in [-0.39, 0.29) is 25.2 Å². The summed E-state index contributed by atoms with van der Waals surface area (Å²) in [6.07, 6.45) is 17.5. The molecule has 0 radical (unpaired) electrons. The second kappa shape index (κ2) is 19.4. The van der Waals surface area contributed by atoms with E-state index in [0.29, 0.717) is 12.8 Å². The number of quaternary nitrogens is 2. The van der Waals surface area contributed by atoms with E-state index in [0.717, 1.165) is 67.3 Å². The average molecular weight is 687 g/mol. The maximum atomic E-state index is 12.6. The molecule has 0 N–H and O–H groups in total. The summed E-state index contributed by atoms with van der Waals surface area (Å²) in [6, 6.07) is 17.0. The van der Waals surface area contributed by atoms with Gasteiger partial charge in [0.15, 0.2) is 0 Å². The first-order valence-electron chi connectivity index (χ1n) is 19.5. The van der Waals surface area contributed by atoms with Crippen LogP contribution < -0.4 is 0 Å². The predicted octanol–water partition coefficient (Wildman–Crippen LogP) is 10.3. The van der Waals surface area contributed by atoms with Gasteiger partial charge < -0.3 is 18.4 Å². The van der Waals surface area contributed by atoms with Gasteiger partial charge in [-0.1, -0.05) is 99.9 Å².